The highest BCUT2D eigenvalue weighted by Crippen LogP contribution is 2.33. The first kappa shape index (κ1) is 17.7. The molecule has 0 unspecified atom stereocenters. The minimum atomic E-state index is -0.792. The van der Waals surface area contributed by atoms with Crippen LogP contribution >= 0.6 is 12.4 Å². The predicted octanol–water partition coefficient (Wildman–Crippen LogP) is 4.45. The first-order valence-corrected chi connectivity index (χ1v) is 7.55. The van der Waals surface area contributed by atoms with Gasteiger partial charge in [-0.05, 0) is 30.2 Å². The van der Waals surface area contributed by atoms with E-state index >= 15 is 0 Å². The third-order valence-electron chi connectivity index (χ3n) is 4.06. The van der Waals surface area contributed by atoms with Gasteiger partial charge in [-0.25, -0.2) is 4.98 Å². The summed E-state index contributed by atoms with van der Waals surface area (Å²) in [6.45, 7) is 1.94. The maximum absolute atomic E-state index is 13.1. The Morgan fingerprint density at radius 1 is 0.833 bits per heavy atom. The second-order valence-corrected chi connectivity index (χ2v) is 5.53. The Morgan fingerprint density at radius 3 is 1.79 bits per heavy atom. The number of carbonyl (C=O) groups is 1. The van der Waals surface area contributed by atoms with Crippen molar-refractivity contribution in [1.29, 1.82) is 0 Å². The van der Waals surface area contributed by atoms with E-state index in [1.807, 2.05) is 79.7 Å². The van der Waals surface area contributed by atoms with Gasteiger partial charge >= 0.3 is 0 Å². The third kappa shape index (κ3) is 3.47. The maximum Gasteiger partial charge on any atom is 0.240 e. The van der Waals surface area contributed by atoms with E-state index in [2.05, 4.69) is 10.3 Å². The topological polar surface area (TPSA) is 42.0 Å². The number of pyridine rings is 1. The molecule has 1 amide bonds. The predicted molar refractivity (Wildman–Crippen MR) is 99.5 cm³/mol. The van der Waals surface area contributed by atoms with Gasteiger partial charge in [0.25, 0.3) is 0 Å². The van der Waals surface area contributed by atoms with E-state index in [0.29, 0.717) is 5.82 Å². The quantitative estimate of drug-likeness (QED) is 0.763. The van der Waals surface area contributed by atoms with Crippen LogP contribution in [0.3, 0.4) is 0 Å². The Morgan fingerprint density at radius 2 is 1.33 bits per heavy atom. The summed E-state index contributed by atoms with van der Waals surface area (Å²) in [6, 6.07) is 25.1. The molecule has 0 saturated carbocycles. The van der Waals surface area contributed by atoms with Crippen LogP contribution in [0.2, 0.25) is 0 Å². The summed E-state index contributed by atoms with van der Waals surface area (Å²) in [4.78, 5) is 17.3. The smallest absolute Gasteiger partial charge is 0.240 e. The van der Waals surface area contributed by atoms with Crippen molar-refractivity contribution in [2.75, 3.05) is 5.32 Å². The molecule has 1 aromatic heterocycles. The monoisotopic (exact) mass is 338 g/mol. The number of hydrogen-bond acceptors (Lipinski definition) is 2. The van der Waals surface area contributed by atoms with Crippen LogP contribution in [-0.4, -0.2) is 10.9 Å². The van der Waals surface area contributed by atoms with E-state index in [1.165, 1.54) is 0 Å². The molecule has 1 N–H and O–H groups in total. The molecule has 4 heteroatoms. The fraction of sp³-hybridized carbons (Fsp3) is 0.100. The largest absolute Gasteiger partial charge is 0.310 e. The van der Waals surface area contributed by atoms with E-state index in [4.69, 9.17) is 0 Å². The molecule has 0 fully saturated rings. The molecule has 0 atom stereocenters. The Balaban J connectivity index is 0.00000208. The van der Waals surface area contributed by atoms with Crippen molar-refractivity contribution in [2.45, 2.75) is 12.3 Å². The third-order valence-corrected chi connectivity index (χ3v) is 4.06. The fourth-order valence-electron chi connectivity index (χ4n) is 2.65. The van der Waals surface area contributed by atoms with E-state index in [0.717, 1.165) is 11.1 Å². The molecule has 0 saturated heterocycles. The van der Waals surface area contributed by atoms with Crippen LogP contribution in [-0.2, 0) is 10.2 Å². The van der Waals surface area contributed by atoms with Crippen LogP contribution in [0, 0.1) is 0 Å². The molecule has 0 aliphatic heterocycles. The van der Waals surface area contributed by atoms with Crippen molar-refractivity contribution >= 4 is 24.1 Å². The Labute approximate surface area is 148 Å². The van der Waals surface area contributed by atoms with Crippen LogP contribution in [0.15, 0.2) is 85.1 Å². The SMILES string of the molecule is CC(C(=O)Nc1ccccn1)(c1ccccc1)c1ccccc1.Cl. The maximum atomic E-state index is 13.1. The lowest BCUT2D eigenvalue weighted by Crippen LogP contribution is -2.38. The number of carbonyl (C=O) groups excluding carboxylic acids is 1. The van der Waals surface area contributed by atoms with E-state index < -0.39 is 5.41 Å². The molecule has 122 valence electrons. The van der Waals surface area contributed by atoms with Crippen LogP contribution in [0.1, 0.15) is 18.1 Å². The molecule has 0 radical (unpaired) electrons. The summed E-state index contributed by atoms with van der Waals surface area (Å²) >= 11 is 0. The molecule has 3 rings (SSSR count). The van der Waals surface area contributed by atoms with Gasteiger partial charge in [-0.15, -0.1) is 12.4 Å². The van der Waals surface area contributed by atoms with Crippen molar-refractivity contribution < 1.29 is 4.79 Å². The lowest BCUT2D eigenvalue weighted by molar-refractivity contribution is -0.119. The highest BCUT2D eigenvalue weighted by atomic mass is 35.5. The number of benzene rings is 2. The Bertz CT molecular complexity index is 737. The van der Waals surface area contributed by atoms with Gasteiger partial charge in [0.05, 0.1) is 5.41 Å². The molecule has 0 aliphatic rings. The minimum absolute atomic E-state index is 0. The van der Waals surface area contributed by atoms with E-state index in [-0.39, 0.29) is 18.3 Å². The summed E-state index contributed by atoms with van der Waals surface area (Å²) in [6.07, 6.45) is 1.66. The molecule has 1 heterocycles. The number of nitrogens with zero attached hydrogens (tertiary/aromatic N) is 1. The number of rotatable bonds is 4. The summed E-state index contributed by atoms with van der Waals surface area (Å²) in [5, 5.41) is 2.93. The fourth-order valence-corrected chi connectivity index (χ4v) is 2.65. The van der Waals surface area contributed by atoms with Gasteiger partial charge in [-0.1, -0.05) is 66.7 Å². The zero-order chi connectivity index (χ0) is 16.1. The van der Waals surface area contributed by atoms with Crippen LogP contribution < -0.4 is 5.32 Å². The van der Waals surface area contributed by atoms with Crippen molar-refractivity contribution in [3.63, 3.8) is 0 Å². The second-order valence-electron chi connectivity index (χ2n) is 5.53. The van der Waals surface area contributed by atoms with Crippen molar-refractivity contribution in [1.82, 2.24) is 4.98 Å². The van der Waals surface area contributed by atoms with Crippen LogP contribution in [0.5, 0.6) is 0 Å². The molecule has 0 spiro atoms. The minimum Gasteiger partial charge on any atom is -0.310 e. The standard InChI is InChI=1S/C20H18N2O.ClH/c1-20(16-10-4-2-5-11-16,17-12-6-3-7-13-17)19(23)22-18-14-8-9-15-21-18;/h2-15H,1H3,(H,21,22,23);1H. The molecule has 0 aliphatic carbocycles. The number of nitrogens with one attached hydrogen (secondary N) is 1. The summed E-state index contributed by atoms with van der Waals surface area (Å²) < 4.78 is 0. The average Bonchev–Trinajstić information content (AvgIpc) is 2.63. The number of hydrogen-bond donors (Lipinski definition) is 1. The molecule has 3 nitrogen and oxygen atoms in total. The zero-order valence-corrected chi connectivity index (χ0v) is 14.2. The molecule has 24 heavy (non-hydrogen) atoms. The summed E-state index contributed by atoms with van der Waals surface area (Å²) in [5.41, 5.74) is 1.10. The van der Waals surface area contributed by atoms with Crippen LogP contribution in [0.4, 0.5) is 5.82 Å². The zero-order valence-electron chi connectivity index (χ0n) is 13.3. The number of aromatic nitrogens is 1. The Kier molecular flexibility index (Phi) is 5.72. The number of halogens is 1. The molecular weight excluding hydrogens is 320 g/mol. The normalized spacial score (nSPS) is 10.5. The molecular formula is C20H19ClN2O. The lowest BCUT2D eigenvalue weighted by atomic mass is 9.75. The van der Waals surface area contributed by atoms with E-state index in [1.54, 1.807) is 12.3 Å². The number of amides is 1. The van der Waals surface area contributed by atoms with Gasteiger partial charge < -0.3 is 5.32 Å². The summed E-state index contributed by atoms with van der Waals surface area (Å²) in [7, 11) is 0. The Hall–Kier alpha value is -2.65. The van der Waals surface area contributed by atoms with Crippen molar-refractivity contribution in [3.05, 3.63) is 96.2 Å². The van der Waals surface area contributed by atoms with Crippen LogP contribution in [0.25, 0.3) is 0 Å². The second kappa shape index (κ2) is 7.75. The molecule has 2 aromatic carbocycles. The van der Waals surface area contributed by atoms with Gasteiger partial charge in [0.2, 0.25) is 5.91 Å². The lowest BCUT2D eigenvalue weighted by Gasteiger charge is -2.29. The van der Waals surface area contributed by atoms with Gasteiger partial charge in [0, 0.05) is 6.20 Å². The van der Waals surface area contributed by atoms with Gasteiger partial charge in [0.15, 0.2) is 0 Å². The molecule has 0 bridgehead atoms. The highest BCUT2D eigenvalue weighted by molar-refractivity contribution is 6.01. The van der Waals surface area contributed by atoms with Gasteiger partial charge in [-0.3, -0.25) is 4.79 Å². The number of anilines is 1. The average molecular weight is 339 g/mol. The van der Waals surface area contributed by atoms with Crippen molar-refractivity contribution in [3.8, 4) is 0 Å². The first-order chi connectivity index (χ1) is 11.2. The molecule has 3 aromatic rings. The van der Waals surface area contributed by atoms with Gasteiger partial charge in [0.1, 0.15) is 5.82 Å². The van der Waals surface area contributed by atoms with Gasteiger partial charge in [-0.2, -0.15) is 0 Å². The first-order valence-electron chi connectivity index (χ1n) is 7.55. The van der Waals surface area contributed by atoms with Crippen molar-refractivity contribution in [2.24, 2.45) is 0 Å². The highest BCUT2D eigenvalue weighted by Gasteiger charge is 2.37. The van der Waals surface area contributed by atoms with E-state index in [9.17, 15) is 4.79 Å². The summed E-state index contributed by atoms with van der Waals surface area (Å²) in [5.74, 6) is 0.448.